The predicted molar refractivity (Wildman–Crippen MR) is 118 cm³/mol. The fourth-order valence-corrected chi connectivity index (χ4v) is 3.57. The van der Waals surface area contributed by atoms with Crippen molar-refractivity contribution in [1.29, 1.82) is 0 Å². The van der Waals surface area contributed by atoms with Crippen LogP contribution < -0.4 is 15.5 Å². The number of benzene rings is 2. The summed E-state index contributed by atoms with van der Waals surface area (Å²) in [5.41, 5.74) is 5.08. The molecule has 1 aromatic heterocycles. The summed E-state index contributed by atoms with van der Waals surface area (Å²) >= 11 is 0. The number of aryl methyl sites for hydroxylation is 1. The minimum absolute atomic E-state index is 0.123. The number of aromatic nitrogens is 1. The molecule has 0 atom stereocenters. The number of hydrogen-bond acceptors (Lipinski definition) is 4. The highest BCUT2D eigenvalue weighted by molar-refractivity contribution is 5.94. The average Bonchev–Trinajstić information content (AvgIpc) is 3.29. The summed E-state index contributed by atoms with van der Waals surface area (Å²) in [6.07, 6.45) is 4.15. The van der Waals surface area contributed by atoms with Crippen molar-refractivity contribution in [2.45, 2.75) is 26.3 Å². The number of pyridine rings is 1. The summed E-state index contributed by atoms with van der Waals surface area (Å²) in [6.45, 7) is 4.83. The molecular weight excluding hydrogens is 360 g/mol. The van der Waals surface area contributed by atoms with Gasteiger partial charge in [0, 0.05) is 37.2 Å². The van der Waals surface area contributed by atoms with Crippen LogP contribution in [0.2, 0.25) is 0 Å². The van der Waals surface area contributed by atoms with Crippen LogP contribution in [0.25, 0.3) is 0 Å². The van der Waals surface area contributed by atoms with Gasteiger partial charge in [0.1, 0.15) is 5.82 Å². The largest absolute Gasteiger partial charge is 0.372 e. The van der Waals surface area contributed by atoms with E-state index in [4.69, 9.17) is 0 Å². The Morgan fingerprint density at radius 2 is 1.76 bits per heavy atom. The lowest BCUT2D eigenvalue weighted by Gasteiger charge is -2.17. The molecule has 0 radical (unpaired) electrons. The van der Waals surface area contributed by atoms with E-state index in [0.29, 0.717) is 12.1 Å². The van der Waals surface area contributed by atoms with Crippen LogP contribution in [0.3, 0.4) is 0 Å². The molecular formula is C24H26N4O. The molecule has 2 heterocycles. The number of nitrogens with one attached hydrogen (secondary N) is 2. The van der Waals surface area contributed by atoms with Crippen molar-refractivity contribution in [2.24, 2.45) is 0 Å². The van der Waals surface area contributed by atoms with Crippen LogP contribution in [-0.2, 0) is 6.54 Å². The first-order valence-corrected chi connectivity index (χ1v) is 10.1. The van der Waals surface area contributed by atoms with Crippen molar-refractivity contribution >= 4 is 23.1 Å². The Morgan fingerprint density at radius 3 is 2.45 bits per heavy atom. The molecule has 0 spiro atoms. The second-order valence-corrected chi connectivity index (χ2v) is 7.41. The standard InChI is InChI=1S/C24H26N4O/c1-18-6-2-3-7-19(18)16-26-24(29)20-8-13-23(25-17-20)27-21-9-11-22(12-10-21)28-14-4-5-15-28/h2-3,6-13,17H,4-5,14-16H2,1H3,(H,25,27)(H,26,29). The van der Waals surface area contributed by atoms with E-state index in [0.717, 1.165) is 30.2 Å². The van der Waals surface area contributed by atoms with Gasteiger partial charge in [0.25, 0.3) is 5.91 Å². The second kappa shape index (κ2) is 8.78. The van der Waals surface area contributed by atoms with E-state index in [9.17, 15) is 4.79 Å². The van der Waals surface area contributed by atoms with Gasteiger partial charge < -0.3 is 15.5 Å². The Bertz CT molecular complexity index is 961. The number of carbonyl (C=O) groups excluding carboxylic acids is 1. The molecule has 148 valence electrons. The normalized spacial score (nSPS) is 13.3. The number of nitrogens with zero attached hydrogens (tertiary/aromatic N) is 2. The first-order valence-electron chi connectivity index (χ1n) is 10.1. The Hall–Kier alpha value is -3.34. The molecule has 0 unspecified atom stereocenters. The minimum atomic E-state index is -0.123. The van der Waals surface area contributed by atoms with Crippen LogP contribution in [-0.4, -0.2) is 24.0 Å². The zero-order valence-corrected chi connectivity index (χ0v) is 16.7. The molecule has 1 aliphatic heterocycles. The highest BCUT2D eigenvalue weighted by Crippen LogP contribution is 2.23. The van der Waals surface area contributed by atoms with E-state index in [1.54, 1.807) is 12.3 Å². The molecule has 1 aliphatic rings. The van der Waals surface area contributed by atoms with Gasteiger partial charge in [-0.05, 0) is 67.3 Å². The average molecular weight is 386 g/mol. The minimum Gasteiger partial charge on any atom is -0.372 e. The molecule has 29 heavy (non-hydrogen) atoms. The van der Waals surface area contributed by atoms with E-state index < -0.39 is 0 Å². The smallest absolute Gasteiger partial charge is 0.253 e. The Kier molecular flexibility index (Phi) is 5.75. The number of amides is 1. The molecule has 2 N–H and O–H groups in total. The highest BCUT2D eigenvalue weighted by atomic mass is 16.1. The fraction of sp³-hybridized carbons (Fsp3) is 0.250. The van der Waals surface area contributed by atoms with Gasteiger partial charge in [-0.25, -0.2) is 4.98 Å². The van der Waals surface area contributed by atoms with Crippen LogP contribution in [0.15, 0.2) is 66.9 Å². The first-order chi connectivity index (χ1) is 14.2. The zero-order chi connectivity index (χ0) is 20.1. The van der Waals surface area contributed by atoms with Gasteiger partial charge in [-0.15, -0.1) is 0 Å². The van der Waals surface area contributed by atoms with Crippen molar-refractivity contribution in [3.63, 3.8) is 0 Å². The summed E-state index contributed by atoms with van der Waals surface area (Å²) in [7, 11) is 0. The molecule has 5 heteroatoms. The maximum Gasteiger partial charge on any atom is 0.253 e. The molecule has 1 fully saturated rings. The summed E-state index contributed by atoms with van der Waals surface area (Å²) in [5, 5.41) is 6.25. The van der Waals surface area contributed by atoms with Crippen LogP contribution in [0.1, 0.15) is 34.3 Å². The monoisotopic (exact) mass is 386 g/mol. The molecule has 4 rings (SSSR count). The molecule has 2 aromatic carbocycles. The van der Waals surface area contributed by atoms with Crippen LogP contribution in [0.4, 0.5) is 17.2 Å². The van der Waals surface area contributed by atoms with Gasteiger partial charge in [0.05, 0.1) is 5.56 Å². The number of hydrogen-bond donors (Lipinski definition) is 2. The Labute approximate surface area is 171 Å². The Balaban J connectivity index is 1.33. The third-order valence-corrected chi connectivity index (χ3v) is 5.34. The van der Waals surface area contributed by atoms with Gasteiger partial charge in [-0.3, -0.25) is 4.79 Å². The molecule has 0 saturated carbocycles. The first kappa shape index (κ1) is 19.0. The third-order valence-electron chi connectivity index (χ3n) is 5.34. The summed E-state index contributed by atoms with van der Waals surface area (Å²) in [4.78, 5) is 19.2. The molecule has 1 saturated heterocycles. The quantitative estimate of drug-likeness (QED) is 0.647. The van der Waals surface area contributed by atoms with Crippen LogP contribution in [0, 0.1) is 6.92 Å². The van der Waals surface area contributed by atoms with E-state index in [-0.39, 0.29) is 5.91 Å². The van der Waals surface area contributed by atoms with Gasteiger partial charge >= 0.3 is 0 Å². The summed E-state index contributed by atoms with van der Waals surface area (Å²) in [6, 6.07) is 20.1. The van der Waals surface area contributed by atoms with Crippen molar-refractivity contribution in [1.82, 2.24) is 10.3 Å². The van der Waals surface area contributed by atoms with Gasteiger partial charge in [-0.2, -0.15) is 0 Å². The SMILES string of the molecule is Cc1ccccc1CNC(=O)c1ccc(Nc2ccc(N3CCCC3)cc2)nc1. The molecule has 3 aromatic rings. The van der Waals surface area contributed by atoms with Crippen molar-refractivity contribution in [2.75, 3.05) is 23.3 Å². The lowest BCUT2D eigenvalue weighted by molar-refractivity contribution is 0.0950. The maximum absolute atomic E-state index is 12.4. The summed E-state index contributed by atoms with van der Waals surface area (Å²) in [5.74, 6) is 0.594. The molecule has 0 aliphatic carbocycles. The van der Waals surface area contributed by atoms with Crippen LogP contribution in [0.5, 0.6) is 0 Å². The lowest BCUT2D eigenvalue weighted by Crippen LogP contribution is -2.23. The topological polar surface area (TPSA) is 57.3 Å². The van der Waals surface area contributed by atoms with Crippen LogP contribution >= 0.6 is 0 Å². The van der Waals surface area contributed by atoms with Gasteiger partial charge in [0.2, 0.25) is 0 Å². The predicted octanol–water partition coefficient (Wildman–Crippen LogP) is 4.66. The van der Waals surface area contributed by atoms with E-state index >= 15 is 0 Å². The molecule has 5 nitrogen and oxygen atoms in total. The molecule has 1 amide bonds. The van der Waals surface area contributed by atoms with E-state index in [1.807, 2.05) is 37.3 Å². The Morgan fingerprint density at radius 1 is 1.00 bits per heavy atom. The zero-order valence-electron chi connectivity index (χ0n) is 16.7. The third kappa shape index (κ3) is 4.74. The summed E-state index contributed by atoms with van der Waals surface area (Å²) < 4.78 is 0. The second-order valence-electron chi connectivity index (χ2n) is 7.41. The van der Waals surface area contributed by atoms with Crippen molar-refractivity contribution < 1.29 is 4.79 Å². The lowest BCUT2D eigenvalue weighted by atomic mass is 10.1. The van der Waals surface area contributed by atoms with Gasteiger partial charge in [0.15, 0.2) is 0 Å². The maximum atomic E-state index is 12.4. The number of rotatable bonds is 6. The van der Waals surface area contributed by atoms with E-state index in [2.05, 4.69) is 44.8 Å². The fourth-order valence-electron chi connectivity index (χ4n) is 3.57. The van der Waals surface area contributed by atoms with E-state index in [1.165, 1.54) is 24.1 Å². The highest BCUT2D eigenvalue weighted by Gasteiger charge is 2.12. The number of carbonyl (C=O) groups is 1. The number of anilines is 3. The molecule has 0 bridgehead atoms. The van der Waals surface area contributed by atoms with Gasteiger partial charge in [-0.1, -0.05) is 24.3 Å². The van der Waals surface area contributed by atoms with Crippen molar-refractivity contribution in [3.05, 3.63) is 83.6 Å². The van der Waals surface area contributed by atoms with Crippen molar-refractivity contribution in [3.8, 4) is 0 Å².